The number of nitrogens with zero attached hydrogens (tertiary/aromatic N) is 2. The van der Waals surface area contributed by atoms with Gasteiger partial charge < -0.3 is 14.5 Å². The van der Waals surface area contributed by atoms with Crippen LogP contribution in [0.2, 0.25) is 0 Å². The highest BCUT2D eigenvalue weighted by atomic mass is 19.1. The molecular formula is C23H26FN3O3. The van der Waals surface area contributed by atoms with E-state index in [0.29, 0.717) is 25.1 Å². The van der Waals surface area contributed by atoms with E-state index in [4.69, 9.17) is 9.15 Å². The molecule has 3 rings (SSSR count). The predicted molar refractivity (Wildman–Crippen MR) is 112 cm³/mol. The van der Waals surface area contributed by atoms with Crippen molar-refractivity contribution in [2.24, 2.45) is 0 Å². The molecule has 3 aromatic rings. The van der Waals surface area contributed by atoms with Gasteiger partial charge >= 0.3 is 0 Å². The zero-order chi connectivity index (χ0) is 21.7. The number of oxazole rings is 1. The number of hydrogen-bond donors (Lipinski definition) is 1. The highest BCUT2D eigenvalue weighted by Gasteiger charge is 2.23. The van der Waals surface area contributed by atoms with E-state index in [1.807, 2.05) is 18.2 Å². The van der Waals surface area contributed by atoms with Gasteiger partial charge in [-0.2, -0.15) is 0 Å². The van der Waals surface area contributed by atoms with Crippen LogP contribution in [0.4, 0.5) is 4.39 Å². The van der Waals surface area contributed by atoms with Gasteiger partial charge in [-0.1, -0.05) is 20.8 Å². The standard InChI is InChI=1S/C23H26FN3O3/c1-23(2,3)18-11-16(7-8-19(18)29-4)21-20(27-14-30-21)22(28)26-9-5-6-15-10-17(24)13-25-12-15/h7-8,10-14H,5-6,9H2,1-4H3,(H,26,28). The molecule has 6 nitrogen and oxygen atoms in total. The summed E-state index contributed by atoms with van der Waals surface area (Å²) in [7, 11) is 1.64. The maximum Gasteiger partial charge on any atom is 0.273 e. The van der Waals surface area contributed by atoms with Gasteiger partial charge in [-0.3, -0.25) is 9.78 Å². The van der Waals surface area contributed by atoms with Gasteiger partial charge in [-0.05, 0) is 48.1 Å². The van der Waals surface area contributed by atoms with Gasteiger partial charge in [0.15, 0.2) is 17.8 Å². The summed E-state index contributed by atoms with van der Waals surface area (Å²) in [5, 5.41) is 2.85. The number of carbonyl (C=O) groups is 1. The first kappa shape index (κ1) is 21.5. The molecule has 0 radical (unpaired) electrons. The fourth-order valence-corrected chi connectivity index (χ4v) is 3.22. The number of aromatic nitrogens is 2. The number of hydrogen-bond acceptors (Lipinski definition) is 5. The van der Waals surface area contributed by atoms with Crippen LogP contribution in [0.1, 0.15) is 48.8 Å². The minimum atomic E-state index is -0.363. The lowest BCUT2D eigenvalue weighted by molar-refractivity contribution is 0.0949. The number of carbonyl (C=O) groups excluding carboxylic acids is 1. The third kappa shape index (κ3) is 5.03. The number of amides is 1. The lowest BCUT2D eigenvalue weighted by Crippen LogP contribution is -2.25. The second-order valence-electron chi connectivity index (χ2n) is 8.07. The minimum absolute atomic E-state index is 0.143. The summed E-state index contributed by atoms with van der Waals surface area (Å²) in [6.45, 7) is 6.71. The molecule has 0 bridgehead atoms. The monoisotopic (exact) mass is 411 g/mol. The van der Waals surface area contributed by atoms with E-state index in [1.54, 1.807) is 13.3 Å². The van der Waals surface area contributed by atoms with Crippen LogP contribution < -0.4 is 10.1 Å². The van der Waals surface area contributed by atoms with Crippen molar-refractivity contribution in [1.82, 2.24) is 15.3 Å². The molecule has 0 atom stereocenters. The van der Waals surface area contributed by atoms with E-state index >= 15 is 0 Å². The van der Waals surface area contributed by atoms with Crippen molar-refractivity contribution >= 4 is 5.91 Å². The summed E-state index contributed by atoms with van der Waals surface area (Å²) in [5.41, 5.74) is 2.64. The molecule has 0 spiro atoms. The Labute approximate surface area is 175 Å². The third-order valence-electron chi connectivity index (χ3n) is 4.74. The van der Waals surface area contributed by atoms with Crippen LogP contribution in [-0.2, 0) is 11.8 Å². The fourth-order valence-electron chi connectivity index (χ4n) is 3.22. The molecule has 2 heterocycles. The molecule has 0 aliphatic rings. The fraction of sp³-hybridized carbons (Fsp3) is 0.348. The van der Waals surface area contributed by atoms with E-state index in [1.165, 1.54) is 18.7 Å². The van der Waals surface area contributed by atoms with Gasteiger partial charge in [0.25, 0.3) is 5.91 Å². The molecule has 1 N–H and O–H groups in total. The Morgan fingerprint density at radius 3 is 2.73 bits per heavy atom. The Kier molecular flexibility index (Phi) is 6.50. The molecular weight excluding hydrogens is 385 g/mol. The Bertz CT molecular complexity index is 1020. The largest absolute Gasteiger partial charge is 0.496 e. The quantitative estimate of drug-likeness (QED) is 0.578. The second kappa shape index (κ2) is 9.07. The summed E-state index contributed by atoms with van der Waals surface area (Å²) in [6, 6.07) is 7.13. The first-order valence-corrected chi connectivity index (χ1v) is 9.79. The van der Waals surface area contributed by atoms with Gasteiger partial charge in [-0.15, -0.1) is 0 Å². The molecule has 0 fully saturated rings. The molecule has 30 heavy (non-hydrogen) atoms. The number of pyridine rings is 1. The molecule has 1 amide bonds. The number of rotatable bonds is 7. The lowest BCUT2D eigenvalue weighted by atomic mass is 9.85. The predicted octanol–water partition coefficient (Wildman–Crippen LogP) is 4.54. The molecule has 0 aliphatic heterocycles. The average Bonchev–Trinajstić information content (AvgIpc) is 3.20. The Balaban J connectivity index is 1.69. The second-order valence-corrected chi connectivity index (χ2v) is 8.07. The molecule has 7 heteroatoms. The van der Waals surface area contributed by atoms with E-state index < -0.39 is 0 Å². The Morgan fingerprint density at radius 2 is 2.03 bits per heavy atom. The van der Waals surface area contributed by atoms with Gasteiger partial charge in [0, 0.05) is 23.9 Å². The molecule has 0 aliphatic carbocycles. The van der Waals surface area contributed by atoms with Gasteiger partial charge in [0.1, 0.15) is 11.6 Å². The van der Waals surface area contributed by atoms with Crippen LogP contribution in [0.3, 0.4) is 0 Å². The number of aryl methyl sites for hydroxylation is 1. The first-order valence-electron chi connectivity index (χ1n) is 9.79. The van der Waals surface area contributed by atoms with E-state index in [-0.39, 0.29) is 22.8 Å². The first-order chi connectivity index (χ1) is 14.3. The maximum atomic E-state index is 13.2. The molecule has 0 saturated heterocycles. The van der Waals surface area contributed by atoms with Crippen LogP contribution in [0, 0.1) is 5.82 Å². The van der Waals surface area contributed by atoms with Crippen LogP contribution in [-0.4, -0.2) is 29.5 Å². The number of nitrogens with one attached hydrogen (secondary N) is 1. The van der Waals surface area contributed by atoms with Crippen LogP contribution in [0.25, 0.3) is 11.3 Å². The van der Waals surface area contributed by atoms with Gasteiger partial charge in [-0.25, -0.2) is 9.37 Å². The third-order valence-corrected chi connectivity index (χ3v) is 4.74. The van der Waals surface area contributed by atoms with Crippen LogP contribution in [0.15, 0.2) is 47.5 Å². The van der Waals surface area contributed by atoms with Crippen molar-refractivity contribution in [1.29, 1.82) is 0 Å². The van der Waals surface area contributed by atoms with Crippen molar-refractivity contribution in [3.63, 3.8) is 0 Å². The Hall–Kier alpha value is -3.22. The Morgan fingerprint density at radius 1 is 1.23 bits per heavy atom. The highest BCUT2D eigenvalue weighted by Crippen LogP contribution is 2.35. The number of ether oxygens (including phenoxy) is 1. The molecule has 0 saturated carbocycles. The average molecular weight is 411 g/mol. The number of halogens is 1. The normalized spacial score (nSPS) is 11.4. The number of benzene rings is 1. The van der Waals surface area contributed by atoms with Crippen LogP contribution in [0.5, 0.6) is 5.75 Å². The van der Waals surface area contributed by atoms with Gasteiger partial charge in [0.05, 0.1) is 13.3 Å². The van der Waals surface area contributed by atoms with E-state index in [0.717, 1.165) is 22.4 Å². The maximum absolute atomic E-state index is 13.2. The van der Waals surface area contributed by atoms with E-state index in [2.05, 4.69) is 36.1 Å². The van der Waals surface area contributed by atoms with Crippen molar-refractivity contribution in [3.8, 4) is 17.1 Å². The van der Waals surface area contributed by atoms with Crippen molar-refractivity contribution in [2.45, 2.75) is 39.0 Å². The molecule has 1 aromatic carbocycles. The zero-order valence-corrected chi connectivity index (χ0v) is 17.7. The van der Waals surface area contributed by atoms with Crippen molar-refractivity contribution < 1.29 is 18.3 Å². The van der Waals surface area contributed by atoms with Gasteiger partial charge in [0.2, 0.25) is 0 Å². The van der Waals surface area contributed by atoms with Crippen molar-refractivity contribution in [2.75, 3.05) is 13.7 Å². The smallest absolute Gasteiger partial charge is 0.273 e. The summed E-state index contributed by atoms with van der Waals surface area (Å²) in [6.07, 6.45) is 5.33. The summed E-state index contributed by atoms with van der Waals surface area (Å²) in [5.74, 6) is 0.515. The molecule has 2 aromatic heterocycles. The summed E-state index contributed by atoms with van der Waals surface area (Å²) in [4.78, 5) is 20.6. The lowest BCUT2D eigenvalue weighted by Gasteiger charge is -2.22. The van der Waals surface area contributed by atoms with E-state index in [9.17, 15) is 9.18 Å². The molecule has 158 valence electrons. The van der Waals surface area contributed by atoms with Crippen molar-refractivity contribution in [3.05, 3.63) is 65.7 Å². The summed E-state index contributed by atoms with van der Waals surface area (Å²) >= 11 is 0. The SMILES string of the molecule is COc1ccc(-c2ocnc2C(=O)NCCCc2cncc(F)c2)cc1C(C)(C)C. The topological polar surface area (TPSA) is 77.2 Å². The number of methoxy groups -OCH3 is 1. The highest BCUT2D eigenvalue weighted by molar-refractivity contribution is 5.97. The van der Waals surface area contributed by atoms with Crippen LogP contribution >= 0.6 is 0 Å². The minimum Gasteiger partial charge on any atom is -0.496 e. The zero-order valence-electron chi connectivity index (χ0n) is 17.7. The summed E-state index contributed by atoms with van der Waals surface area (Å²) < 4.78 is 24.2. The molecule has 0 unspecified atom stereocenters.